The Morgan fingerprint density at radius 1 is 0.787 bits per heavy atom. The number of nitrogens with zero attached hydrogens (tertiary/aromatic N) is 5. The van der Waals surface area contributed by atoms with Crippen molar-refractivity contribution in [2.45, 2.75) is 38.5 Å². The second kappa shape index (κ2) is 21.7. The fourth-order valence-electron chi connectivity index (χ4n) is 4.73. The Kier molecular flexibility index (Phi) is 18.1. The smallest absolute Gasteiger partial charge is 0.337 e. The number of anilines is 2. The Labute approximate surface area is 301 Å². The van der Waals surface area contributed by atoms with Crippen molar-refractivity contribution in [1.29, 1.82) is 1.34 Å². The van der Waals surface area contributed by atoms with Gasteiger partial charge in [0.2, 0.25) is 0 Å². The molecular formula is C31H41BN8O6U. The molecule has 2 amide bonds. The summed E-state index contributed by atoms with van der Waals surface area (Å²) in [5.41, 5.74) is 12.8. The van der Waals surface area contributed by atoms with Crippen LogP contribution >= 0.6 is 0 Å². The number of nitrogens with one attached hydrogen (secondary N) is 1. The van der Waals surface area contributed by atoms with Gasteiger partial charge in [0.15, 0.2) is 0 Å². The van der Waals surface area contributed by atoms with Crippen LogP contribution in [-0.2, 0) is 0 Å². The molecule has 0 atom stereocenters. The maximum atomic E-state index is 11.9. The molecule has 1 aromatic carbocycles. The Balaban J connectivity index is 0.000000330. The van der Waals surface area contributed by atoms with Crippen LogP contribution in [0, 0.1) is 41.2 Å². The van der Waals surface area contributed by atoms with E-state index >= 15 is 0 Å². The molecule has 0 bridgehead atoms. The van der Waals surface area contributed by atoms with Gasteiger partial charge in [-0.1, -0.05) is 6.07 Å². The van der Waals surface area contributed by atoms with Crippen molar-refractivity contribution in [2.75, 3.05) is 50.7 Å². The molecule has 16 heteroatoms. The summed E-state index contributed by atoms with van der Waals surface area (Å²) in [6.45, 7) is 5.71. The molecule has 6 rings (SSSR count). The molecular weight excluding hydrogens is 829 g/mol. The summed E-state index contributed by atoms with van der Waals surface area (Å²) in [4.78, 5) is 55.2. The number of rotatable bonds is 4. The van der Waals surface area contributed by atoms with Gasteiger partial charge in [0.25, 0.3) is 17.5 Å². The molecule has 3 aliphatic rings. The van der Waals surface area contributed by atoms with Gasteiger partial charge in [-0.3, -0.25) is 29.7 Å². The summed E-state index contributed by atoms with van der Waals surface area (Å²) in [7, 11) is 3.75. The zero-order valence-corrected chi connectivity index (χ0v) is 30.4. The van der Waals surface area contributed by atoms with Crippen molar-refractivity contribution in [3.8, 4) is 0 Å². The normalized spacial score (nSPS) is 14.5. The largest absolute Gasteiger partial charge is 0.478 e. The number of nitrogens with two attached hydrogens (primary N) is 2. The number of benzene rings is 1. The second-order valence-corrected chi connectivity index (χ2v) is 10.6. The summed E-state index contributed by atoms with van der Waals surface area (Å²) < 4.78 is 5.25. The van der Waals surface area contributed by atoms with E-state index in [4.69, 9.17) is 17.9 Å². The summed E-state index contributed by atoms with van der Waals surface area (Å²) in [6, 6.07) is 8.92. The Morgan fingerprint density at radius 2 is 1.26 bits per heavy atom. The molecule has 0 unspecified atom stereocenters. The van der Waals surface area contributed by atoms with E-state index in [1.165, 1.54) is 56.5 Å². The van der Waals surface area contributed by atoms with Gasteiger partial charge < -0.3 is 31.7 Å². The van der Waals surface area contributed by atoms with Gasteiger partial charge in [-0.2, -0.15) is 0 Å². The summed E-state index contributed by atoms with van der Waals surface area (Å²) in [6.07, 6.45) is 12.8. The molecule has 47 heavy (non-hydrogen) atoms. The minimum Gasteiger partial charge on any atom is -0.478 e. The van der Waals surface area contributed by atoms with Crippen molar-refractivity contribution in [1.82, 2.24) is 25.1 Å². The van der Waals surface area contributed by atoms with Crippen LogP contribution in [0.25, 0.3) is 0 Å². The molecule has 248 valence electrons. The van der Waals surface area contributed by atoms with Gasteiger partial charge >= 0.3 is 5.97 Å². The van der Waals surface area contributed by atoms with E-state index in [1.807, 2.05) is 4.90 Å². The molecule has 0 spiro atoms. The van der Waals surface area contributed by atoms with Gasteiger partial charge in [0.1, 0.15) is 0 Å². The van der Waals surface area contributed by atoms with Crippen molar-refractivity contribution in [3.63, 3.8) is 0 Å². The molecule has 14 nitrogen and oxygen atoms in total. The SMILES string of the molecule is C1CCNC1.Nc1cncc(C(=O)N2CCCC2)c1.Nc1cncc(C(=O)O)c1.O=C(c1cccc([N+](=O)[O-])c1)N1CCCC1.[3H][B].[U]. The second-order valence-electron chi connectivity index (χ2n) is 10.6. The topological polar surface area (TPSA) is 211 Å². The van der Waals surface area contributed by atoms with Crippen molar-refractivity contribution >= 4 is 43.2 Å². The summed E-state index contributed by atoms with van der Waals surface area (Å²) >= 11 is 0. The number of aromatic carboxylic acids is 1. The van der Waals surface area contributed by atoms with Gasteiger partial charge in [0, 0.05) is 108 Å². The number of amides is 2. The maximum absolute atomic E-state index is 11.9. The third kappa shape index (κ3) is 14.1. The molecule has 6 N–H and O–H groups in total. The first-order valence-corrected chi connectivity index (χ1v) is 14.8. The van der Waals surface area contributed by atoms with Crippen LogP contribution in [0.1, 0.15) is 69.6 Å². The molecule has 3 aliphatic heterocycles. The number of pyridine rings is 2. The number of nitro groups is 1. The van der Waals surface area contributed by atoms with Gasteiger partial charge in [-0.15, -0.1) is 0 Å². The fourth-order valence-corrected chi connectivity index (χ4v) is 4.73. The van der Waals surface area contributed by atoms with E-state index in [9.17, 15) is 24.5 Å². The number of carbonyl (C=O) groups excluding carboxylic acids is 2. The van der Waals surface area contributed by atoms with Crippen molar-refractivity contribution < 1.29 is 55.5 Å². The fraction of sp³-hybridized carbons (Fsp3) is 0.387. The van der Waals surface area contributed by atoms with Crippen LogP contribution in [0.3, 0.4) is 0 Å². The Hall–Kier alpha value is -3.99. The summed E-state index contributed by atoms with van der Waals surface area (Å²) in [5.74, 6) is -1.08. The van der Waals surface area contributed by atoms with Gasteiger partial charge in [-0.25, -0.2) is 4.79 Å². The zero-order valence-electron chi connectivity index (χ0n) is 27.2. The number of nitrogen functional groups attached to an aromatic ring is 2. The van der Waals surface area contributed by atoms with Gasteiger partial charge in [-0.05, 0) is 71.1 Å². The van der Waals surface area contributed by atoms with Crippen LogP contribution in [-0.4, -0.2) is 96.6 Å². The molecule has 0 aliphatic carbocycles. The van der Waals surface area contributed by atoms with Crippen LogP contribution < -0.4 is 16.8 Å². The number of hydrogen-bond acceptors (Lipinski definition) is 10. The number of aromatic nitrogens is 2. The number of non-ortho nitro benzene ring substituents is 1. The number of carbonyl (C=O) groups is 3. The average Bonchev–Trinajstić information content (AvgIpc) is 3.91. The average molecular weight is 873 g/mol. The predicted octanol–water partition coefficient (Wildman–Crippen LogP) is 2.81. The van der Waals surface area contributed by atoms with Crippen LogP contribution in [0.2, 0.25) is 0 Å². The van der Waals surface area contributed by atoms with E-state index in [2.05, 4.69) is 23.7 Å². The number of carboxylic acid groups (broad SMARTS) is 1. The minimum absolute atomic E-state index is 0. The van der Waals surface area contributed by atoms with Crippen molar-refractivity contribution in [3.05, 3.63) is 88.0 Å². The zero-order chi connectivity index (χ0) is 34.6. The number of hydrogen-bond donors (Lipinski definition) is 4. The molecule has 3 fully saturated rings. The maximum Gasteiger partial charge on any atom is 0.337 e. The Bertz CT molecular complexity index is 1450. The van der Waals surface area contributed by atoms with Crippen LogP contribution in [0.15, 0.2) is 61.2 Å². The van der Waals surface area contributed by atoms with E-state index in [0.717, 1.165) is 51.9 Å². The number of likely N-dealkylation sites (tertiary alicyclic amines) is 2. The molecule has 5 heterocycles. The van der Waals surface area contributed by atoms with Gasteiger partial charge in [0.05, 0.1) is 27.4 Å². The first kappa shape index (κ1) is 39.2. The number of carboxylic acids is 1. The van der Waals surface area contributed by atoms with Crippen LogP contribution in [0.5, 0.6) is 0 Å². The summed E-state index contributed by atoms with van der Waals surface area (Å²) in [5, 5.41) is 22.2. The predicted molar refractivity (Wildman–Crippen MR) is 177 cm³/mol. The first-order chi connectivity index (χ1) is 22.7. The van der Waals surface area contributed by atoms with E-state index in [-0.39, 0.29) is 54.2 Å². The standard InChI is InChI=1S/C11H12N2O3.C10H13N3O.C6H6N2O2.C4H9N.BH.U/c14-11(12-6-1-2-7-12)9-4-3-5-10(8-9)13(15)16;11-9-5-8(6-12-7-9)10(14)13-3-1-2-4-13;7-5-1-4(6(9)10)2-8-3-5;1-2-4-5-3-1;;/h3-5,8H,1-2,6-7H2;5-7H,1-4,11H2;1-3H,7H2,(H,9,10);5H,1-4H2;1H;/i;;;;1T;. The van der Waals surface area contributed by atoms with E-state index in [0.29, 0.717) is 22.5 Å². The van der Waals surface area contributed by atoms with Crippen molar-refractivity contribution in [2.24, 2.45) is 0 Å². The number of nitro benzene ring substituents is 1. The molecule has 2 radical (unpaired) electrons. The molecule has 2 aromatic heterocycles. The molecule has 3 saturated heterocycles. The minimum atomic E-state index is -1.01. The third-order valence-corrected chi connectivity index (χ3v) is 7.06. The van der Waals surface area contributed by atoms with E-state index in [1.54, 1.807) is 35.5 Å². The monoisotopic (exact) mass is 872 g/mol. The quantitative estimate of drug-likeness (QED) is 0.170. The molecule has 3 aromatic rings. The molecule has 0 saturated carbocycles. The first-order valence-electron chi connectivity index (χ1n) is 15.4. The third-order valence-electron chi connectivity index (χ3n) is 7.06. The van der Waals surface area contributed by atoms with E-state index < -0.39 is 10.9 Å². The van der Waals surface area contributed by atoms with Crippen LogP contribution in [0.4, 0.5) is 17.1 Å². The Morgan fingerprint density at radius 3 is 1.66 bits per heavy atom.